The maximum absolute atomic E-state index is 10.5. The molecule has 2 N–H and O–H groups in total. The Hall–Kier alpha value is -0.900. The van der Waals surface area contributed by atoms with Crippen molar-refractivity contribution in [3.63, 3.8) is 0 Å². The monoisotopic (exact) mass is 277 g/mol. The van der Waals surface area contributed by atoms with E-state index in [0.717, 1.165) is 30.8 Å². The van der Waals surface area contributed by atoms with Gasteiger partial charge in [0.2, 0.25) is 0 Å². The highest BCUT2D eigenvalue weighted by molar-refractivity contribution is 5.25. The Morgan fingerprint density at radius 1 is 0.950 bits per heavy atom. The molecule has 0 saturated carbocycles. The highest BCUT2D eigenvalue weighted by Crippen LogP contribution is 2.25. The first kappa shape index (κ1) is 15.5. The first-order chi connectivity index (χ1) is 9.58. The fourth-order valence-electron chi connectivity index (χ4n) is 2.95. The van der Waals surface area contributed by atoms with Crippen LogP contribution in [0.15, 0.2) is 24.3 Å². The minimum Gasteiger partial charge on any atom is -0.389 e. The van der Waals surface area contributed by atoms with E-state index >= 15 is 0 Å². The minimum absolute atomic E-state index is 0.227. The zero-order chi connectivity index (χ0) is 14.5. The molecule has 0 aliphatic carbocycles. The molecule has 0 aromatic heterocycles. The van der Waals surface area contributed by atoms with E-state index < -0.39 is 12.2 Å². The van der Waals surface area contributed by atoms with Gasteiger partial charge in [0.05, 0.1) is 12.2 Å². The second kappa shape index (κ2) is 7.21. The summed E-state index contributed by atoms with van der Waals surface area (Å²) in [6, 6.07) is 7.66. The topological polar surface area (TPSA) is 43.7 Å². The van der Waals surface area contributed by atoms with E-state index in [4.69, 9.17) is 0 Å². The summed E-state index contributed by atoms with van der Waals surface area (Å²) in [5.41, 5.74) is 1.84. The summed E-state index contributed by atoms with van der Waals surface area (Å²) < 4.78 is 0. The second-order valence-corrected chi connectivity index (χ2v) is 6.13. The van der Waals surface area contributed by atoms with Crippen LogP contribution in [0, 0.1) is 5.92 Å². The Morgan fingerprint density at radius 3 is 2.05 bits per heavy atom. The fraction of sp³-hybridized carbons (Fsp3) is 0.647. The second-order valence-electron chi connectivity index (χ2n) is 6.13. The van der Waals surface area contributed by atoms with Crippen LogP contribution in [0.3, 0.4) is 0 Å². The van der Waals surface area contributed by atoms with Gasteiger partial charge in [-0.1, -0.05) is 37.6 Å². The van der Waals surface area contributed by atoms with Crippen LogP contribution in [0.2, 0.25) is 0 Å². The zero-order valence-electron chi connectivity index (χ0n) is 12.6. The average molecular weight is 277 g/mol. The molecule has 0 bridgehead atoms. The number of hydrogen-bond donors (Lipinski definition) is 2. The van der Waals surface area contributed by atoms with Crippen LogP contribution in [0.25, 0.3) is 0 Å². The summed E-state index contributed by atoms with van der Waals surface area (Å²) in [5.74, 6) is 0.227. The van der Waals surface area contributed by atoms with E-state index in [0.29, 0.717) is 0 Å². The number of piperidine rings is 1. The predicted octanol–water partition coefficient (Wildman–Crippen LogP) is 2.90. The Morgan fingerprint density at radius 2 is 1.50 bits per heavy atom. The van der Waals surface area contributed by atoms with Crippen LogP contribution in [0.1, 0.15) is 56.4 Å². The SMILES string of the molecule is CC(O)c1ccc(C(O)C(C)CN2CCCCC2)cc1. The van der Waals surface area contributed by atoms with Crippen molar-refractivity contribution < 1.29 is 10.2 Å². The lowest BCUT2D eigenvalue weighted by molar-refractivity contribution is 0.0819. The molecule has 1 fully saturated rings. The quantitative estimate of drug-likeness (QED) is 0.870. The maximum atomic E-state index is 10.5. The highest BCUT2D eigenvalue weighted by atomic mass is 16.3. The van der Waals surface area contributed by atoms with Crippen LogP contribution in [-0.2, 0) is 0 Å². The van der Waals surface area contributed by atoms with Gasteiger partial charge in [0.25, 0.3) is 0 Å². The lowest BCUT2D eigenvalue weighted by Crippen LogP contribution is -2.35. The van der Waals surface area contributed by atoms with Crippen molar-refractivity contribution in [2.75, 3.05) is 19.6 Å². The molecule has 3 heteroatoms. The highest BCUT2D eigenvalue weighted by Gasteiger charge is 2.20. The molecule has 1 saturated heterocycles. The molecule has 1 aliphatic rings. The van der Waals surface area contributed by atoms with Crippen LogP contribution in [-0.4, -0.2) is 34.7 Å². The Labute approximate surface area is 122 Å². The summed E-state index contributed by atoms with van der Waals surface area (Å²) in [4.78, 5) is 2.46. The van der Waals surface area contributed by atoms with E-state index in [9.17, 15) is 10.2 Å². The van der Waals surface area contributed by atoms with E-state index in [1.54, 1.807) is 6.92 Å². The summed E-state index contributed by atoms with van der Waals surface area (Å²) in [5, 5.41) is 20.0. The standard InChI is InChI=1S/C17H27NO2/c1-13(12-18-10-4-3-5-11-18)17(20)16-8-6-15(7-9-16)14(2)19/h6-9,13-14,17,19-20H,3-5,10-12H2,1-2H3. The van der Waals surface area contributed by atoms with E-state index in [1.807, 2.05) is 24.3 Å². The number of nitrogens with zero attached hydrogens (tertiary/aromatic N) is 1. The average Bonchev–Trinajstić information content (AvgIpc) is 2.47. The van der Waals surface area contributed by atoms with Gasteiger partial charge in [-0.15, -0.1) is 0 Å². The maximum Gasteiger partial charge on any atom is 0.0827 e. The third kappa shape index (κ3) is 4.05. The van der Waals surface area contributed by atoms with E-state index in [1.165, 1.54) is 19.3 Å². The molecule has 2 rings (SSSR count). The molecule has 1 heterocycles. The van der Waals surface area contributed by atoms with Crippen LogP contribution in [0.5, 0.6) is 0 Å². The third-order valence-electron chi connectivity index (χ3n) is 4.29. The largest absolute Gasteiger partial charge is 0.389 e. The van der Waals surface area contributed by atoms with Crippen molar-refractivity contribution >= 4 is 0 Å². The third-order valence-corrected chi connectivity index (χ3v) is 4.29. The van der Waals surface area contributed by atoms with Gasteiger partial charge in [0, 0.05) is 6.54 Å². The van der Waals surface area contributed by atoms with Gasteiger partial charge in [0.15, 0.2) is 0 Å². The van der Waals surface area contributed by atoms with Gasteiger partial charge < -0.3 is 15.1 Å². The summed E-state index contributed by atoms with van der Waals surface area (Å²) in [6.45, 7) is 7.15. The molecular formula is C17H27NO2. The Bertz CT molecular complexity index is 396. The number of aliphatic hydroxyl groups is 2. The minimum atomic E-state index is -0.452. The van der Waals surface area contributed by atoms with Crippen molar-refractivity contribution in [2.45, 2.75) is 45.3 Å². The van der Waals surface area contributed by atoms with Crippen LogP contribution < -0.4 is 0 Å². The van der Waals surface area contributed by atoms with E-state index in [2.05, 4.69) is 11.8 Å². The molecule has 3 atom stereocenters. The number of benzene rings is 1. The van der Waals surface area contributed by atoms with Crippen molar-refractivity contribution in [3.05, 3.63) is 35.4 Å². The normalized spacial score (nSPS) is 21.4. The van der Waals surface area contributed by atoms with Crippen LogP contribution in [0.4, 0.5) is 0 Å². The molecule has 3 unspecified atom stereocenters. The number of likely N-dealkylation sites (tertiary alicyclic amines) is 1. The Balaban J connectivity index is 1.93. The number of hydrogen-bond acceptors (Lipinski definition) is 3. The van der Waals surface area contributed by atoms with Gasteiger partial charge in [-0.3, -0.25) is 0 Å². The summed E-state index contributed by atoms with van der Waals surface area (Å²) in [6.07, 6.45) is 3.03. The molecule has 20 heavy (non-hydrogen) atoms. The molecular weight excluding hydrogens is 250 g/mol. The predicted molar refractivity (Wildman–Crippen MR) is 81.5 cm³/mol. The smallest absolute Gasteiger partial charge is 0.0827 e. The first-order valence-electron chi connectivity index (χ1n) is 7.76. The van der Waals surface area contributed by atoms with Gasteiger partial charge in [-0.05, 0) is 49.9 Å². The van der Waals surface area contributed by atoms with Gasteiger partial charge in [-0.2, -0.15) is 0 Å². The van der Waals surface area contributed by atoms with Gasteiger partial charge in [0.1, 0.15) is 0 Å². The number of aliphatic hydroxyl groups excluding tert-OH is 2. The molecule has 112 valence electrons. The number of rotatable bonds is 5. The lowest BCUT2D eigenvalue weighted by Gasteiger charge is -2.31. The zero-order valence-corrected chi connectivity index (χ0v) is 12.6. The van der Waals surface area contributed by atoms with Gasteiger partial charge >= 0.3 is 0 Å². The molecule has 0 amide bonds. The molecule has 0 radical (unpaired) electrons. The van der Waals surface area contributed by atoms with Crippen molar-refractivity contribution in [3.8, 4) is 0 Å². The Kier molecular flexibility index (Phi) is 5.58. The van der Waals surface area contributed by atoms with Crippen molar-refractivity contribution in [1.82, 2.24) is 4.90 Å². The molecule has 1 aromatic carbocycles. The van der Waals surface area contributed by atoms with Crippen molar-refractivity contribution in [2.24, 2.45) is 5.92 Å². The van der Waals surface area contributed by atoms with Gasteiger partial charge in [-0.25, -0.2) is 0 Å². The summed E-state index contributed by atoms with van der Waals surface area (Å²) >= 11 is 0. The summed E-state index contributed by atoms with van der Waals surface area (Å²) in [7, 11) is 0. The fourth-order valence-corrected chi connectivity index (χ4v) is 2.95. The van der Waals surface area contributed by atoms with E-state index in [-0.39, 0.29) is 5.92 Å². The van der Waals surface area contributed by atoms with Crippen LogP contribution >= 0.6 is 0 Å². The molecule has 1 aliphatic heterocycles. The van der Waals surface area contributed by atoms with Crippen molar-refractivity contribution in [1.29, 1.82) is 0 Å². The molecule has 1 aromatic rings. The molecule has 3 nitrogen and oxygen atoms in total. The molecule has 0 spiro atoms. The lowest BCUT2D eigenvalue weighted by atomic mass is 9.95. The first-order valence-corrected chi connectivity index (χ1v) is 7.76.